The van der Waals surface area contributed by atoms with Gasteiger partial charge in [0.05, 0.1) is 35.6 Å². The highest BCUT2D eigenvalue weighted by Crippen LogP contribution is 2.37. The van der Waals surface area contributed by atoms with Crippen LogP contribution in [0.1, 0.15) is 50.4 Å². The van der Waals surface area contributed by atoms with Gasteiger partial charge in [-0.15, -0.1) is 0 Å². The Morgan fingerprint density at radius 1 is 1.00 bits per heavy atom. The van der Waals surface area contributed by atoms with Crippen molar-refractivity contribution in [3.05, 3.63) is 131 Å². The summed E-state index contributed by atoms with van der Waals surface area (Å²) in [5.41, 5.74) is 2.92. The van der Waals surface area contributed by atoms with Crippen molar-refractivity contribution < 1.29 is 23.7 Å². The van der Waals surface area contributed by atoms with E-state index in [9.17, 15) is 9.59 Å². The van der Waals surface area contributed by atoms with Gasteiger partial charge in [-0.05, 0) is 79.9 Å². The van der Waals surface area contributed by atoms with Crippen LogP contribution in [0.5, 0.6) is 17.2 Å². The highest BCUT2D eigenvalue weighted by atomic mass is 79.9. The standard InChI is InChI=1S/C38H35BrN2O6S/c1-6-45-37(43)34-23(4)40-38-41(35(34)28-13-9-10-14-30(28)47-22(2)3)36(42)33(48-38)19-27-18-31(44-5)32(20-29(27)39)46-21-24-15-16-25-11-7-8-12-26(25)17-24/h7-20,22,35H,6,21H2,1-5H3/b33-19+/t35-/m0/s1. The Hall–Kier alpha value is -4.67. The monoisotopic (exact) mass is 726 g/mol. The number of benzene rings is 4. The molecule has 246 valence electrons. The quantitative estimate of drug-likeness (QED) is 0.143. The number of fused-ring (bicyclic) bond motifs is 2. The molecule has 5 aromatic rings. The van der Waals surface area contributed by atoms with E-state index in [-0.39, 0.29) is 18.3 Å². The molecule has 0 N–H and O–H groups in total. The molecule has 6 rings (SSSR count). The number of methoxy groups -OCH3 is 1. The summed E-state index contributed by atoms with van der Waals surface area (Å²) in [5.74, 6) is 1.14. The molecule has 48 heavy (non-hydrogen) atoms. The number of nitrogens with zero attached hydrogens (tertiary/aromatic N) is 2. The molecule has 0 spiro atoms. The first-order valence-electron chi connectivity index (χ1n) is 15.6. The summed E-state index contributed by atoms with van der Waals surface area (Å²) in [7, 11) is 1.58. The third-order valence-corrected chi connectivity index (χ3v) is 9.54. The van der Waals surface area contributed by atoms with E-state index in [1.807, 2.05) is 68.4 Å². The first kappa shape index (κ1) is 33.2. The van der Waals surface area contributed by atoms with Crippen molar-refractivity contribution in [2.45, 2.75) is 46.4 Å². The molecule has 0 unspecified atom stereocenters. The molecule has 1 aromatic heterocycles. The van der Waals surface area contributed by atoms with E-state index in [4.69, 9.17) is 23.9 Å². The minimum Gasteiger partial charge on any atom is -0.493 e. The van der Waals surface area contributed by atoms with E-state index in [1.165, 1.54) is 16.7 Å². The summed E-state index contributed by atoms with van der Waals surface area (Å²) >= 11 is 4.93. The van der Waals surface area contributed by atoms with Crippen molar-refractivity contribution in [3.63, 3.8) is 0 Å². The second-order valence-corrected chi connectivity index (χ2v) is 13.4. The van der Waals surface area contributed by atoms with Crippen molar-refractivity contribution in [3.8, 4) is 17.2 Å². The largest absolute Gasteiger partial charge is 0.493 e. The second-order valence-electron chi connectivity index (χ2n) is 11.5. The Bertz CT molecular complexity index is 2240. The molecular weight excluding hydrogens is 692 g/mol. The van der Waals surface area contributed by atoms with Gasteiger partial charge in [0.2, 0.25) is 0 Å². The number of halogens is 1. The average molecular weight is 728 g/mol. The molecule has 4 aromatic carbocycles. The highest BCUT2D eigenvalue weighted by Gasteiger charge is 2.35. The number of esters is 1. The molecule has 0 saturated heterocycles. The van der Waals surface area contributed by atoms with Crippen LogP contribution in [-0.4, -0.2) is 30.4 Å². The topological polar surface area (TPSA) is 88.4 Å². The molecule has 0 aliphatic carbocycles. The number of hydrogen-bond acceptors (Lipinski definition) is 8. The molecule has 10 heteroatoms. The lowest BCUT2D eigenvalue weighted by Crippen LogP contribution is -2.40. The van der Waals surface area contributed by atoms with Crippen molar-refractivity contribution in [2.75, 3.05) is 13.7 Å². The summed E-state index contributed by atoms with van der Waals surface area (Å²) in [6, 6.07) is 24.8. The number of ether oxygens (including phenoxy) is 4. The molecule has 0 saturated carbocycles. The van der Waals surface area contributed by atoms with Gasteiger partial charge in [-0.3, -0.25) is 9.36 Å². The minimum absolute atomic E-state index is 0.120. The molecule has 0 bridgehead atoms. The lowest BCUT2D eigenvalue weighted by molar-refractivity contribution is -0.139. The van der Waals surface area contributed by atoms with Crippen LogP contribution < -0.4 is 29.1 Å². The van der Waals surface area contributed by atoms with Gasteiger partial charge >= 0.3 is 5.97 Å². The maximum Gasteiger partial charge on any atom is 0.338 e. The Labute approximate surface area is 290 Å². The smallest absolute Gasteiger partial charge is 0.338 e. The van der Waals surface area contributed by atoms with Gasteiger partial charge in [0.25, 0.3) is 5.56 Å². The fourth-order valence-corrected chi connectivity index (χ4v) is 7.19. The molecule has 0 radical (unpaired) electrons. The number of allylic oxidation sites excluding steroid dienone is 1. The number of para-hydroxylation sites is 1. The lowest BCUT2D eigenvalue weighted by Gasteiger charge is -2.26. The van der Waals surface area contributed by atoms with Crippen molar-refractivity contribution >= 4 is 50.1 Å². The van der Waals surface area contributed by atoms with Gasteiger partial charge in [0.15, 0.2) is 16.3 Å². The van der Waals surface area contributed by atoms with Crippen LogP contribution in [0.4, 0.5) is 0 Å². The fraction of sp³-hybridized carbons (Fsp3) is 0.237. The maximum atomic E-state index is 14.2. The molecule has 2 heterocycles. The van der Waals surface area contributed by atoms with Crippen LogP contribution >= 0.6 is 27.3 Å². The van der Waals surface area contributed by atoms with Gasteiger partial charge in [0, 0.05) is 10.0 Å². The summed E-state index contributed by atoms with van der Waals surface area (Å²) < 4.78 is 26.2. The van der Waals surface area contributed by atoms with Gasteiger partial charge in [-0.25, -0.2) is 9.79 Å². The maximum absolute atomic E-state index is 14.2. The second kappa shape index (κ2) is 14.2. The molecule has 1 aliphatic rings. The molecule has 0 amide bonds. The van der Waals surface area contributed by atoms with Gasteiger partial charge in [0.1, 0.15) is 18.4 Å². The van der Waals surface area contributed by atoms with Gasteiger partial charge < -0.3 is 18.9 Å². The molecule has 0 fully saturated rings. The summed E-state index contributed by atoms with van der Waals surface area (Å²) in [6.45, 7) is 7.92. The zero-order valence-corrected chi connectivity index (χ0v) is 29.7. The molecular formula is C38H35BrN2O6S. The van der Waals surface area contributed by atoms with E-state index < -0.39 is 12.0 Å². The number of rotatable bonds is 10. The van der Waals surface area contributed by atoms with Crippen molar-refractivity contribution in [1.29, 1.82) is 0 Å². The zero-order valence-electron chi connectivity index (χ0n) is 27.3. The Balaban J connectivity index is 1.40. The van der Waals surface area contributed by atoms with E-state index in [0.29, 0.717) is 50.0 Å². The normalized spacial score (nSPS) is 14.6. The first-order valence-corrected chi connectivity index (χ1v) is 17.2. The van der Waals surface area contributed by atoms with Gasteiger partial charge in [-0.2, -0.15) is 0 Å². The predicted octanol–water partition coefficient (Wildman–Crippen LogP) is 7.09. The Morgan fingerprint density at radius 3 is 2.50 bits per heavy atom. The SMILES string of the molecule is CCOC(=O)C1=C(C)N=c2s/c(=C/c3cc(OC)c(OCc4ccc5ccccc5c4)cc3Br)c(=O)n2[C@H]1c1ccccc1OC(C)C. The van der Waals surface area contributed by atoms with Crippen LogP contribution in [0.3, 0.4) is 0 Å². The molecule has 8 nitrogen and oxygen atoms in total. The predicted molar refractivity (Wildman–Crippen MR) is 192 cm³/mol. The minimum atomic E-state index is -0.791. The number of hydrogen-bond donors (Lipinski definition) is 0. The highest BCUT2D eigenvalue weighted by molar-refractivity contribution is 9.10. The fourth-order valence-electron chi connectivity index (χ4n) is 5.72. The third kappa shape index (κ3) is 6.68. The summed E-state index contributed by atoms with van der Waals surface area (Å²) in [4.78, 5) is 32.8. The van der Waals surface area contributed by atoms with Crippen LogP contribution in [0.15, 0.2) is 104 Å². The number of aromatic nitrogens is 1. The Kier molecular flexibility index (Phi) is 9.84. The summed E-state index contributed by atoms with van der Waals surface area (Å²) in [5, 5.41) is 2.31. The van der Waals surface area contributed by atoms with E-state index in [2.05, 4.69) is 40.2 Å². The van der Waals surface area contributed by atoms with Crippen LogP contribution in [0.25, 0.3) is 16.8 Å². The van der Waals surface area contributed by atoms with E-state index in [1.54, 1.807) is 31.6 Å². The van der Waals surface area contributed by atoms with E-state index >= 15 is 0 Å². The number of carbonyl (C=O) groups excluding carboxylic acids is 1. The van der Waals surface area contributed by atoms with E-state index in [0.717, 1.165) is 21.0 Å². The van der Waals surface area contributed by atoms with Crippen molar-refractivity contribution in [2.24, 2.45) is 4.99 Å². The number of carbonyl (C=O) groups is 1. The summed E-state index contributed by atoms with van der Waals surface area (Å²) in [6.07, 6.45) is 1.67. The van der Waals surface area contributed by atoms with Crippen LogP contribution in [0, 0.1) is 0 Å². The van der Waals surface area contributed by atoms with Gasteiger partial charge in [-0.1, -0.05) is 81.9 Å². The molecule has 1 atom stereocenters. The Morgan fingerprint density at radius 2 is 1.75 bits per heavy atom. The molecule has 1 aliphatic heterocycles. The average Bonchev–Trinajstić information content (AvgIpc) is 3.37. The van der Waals surface area contributed by atoms with Crippen LogP contribution in [0.2, 0.25) is 0 Å². The zero-order chi connectivity index (χ0) is 33.9. The first-order chi connectivity index (χ1) is 23.2. The lowest BCUT2D eigenvalue weighted by atomic mass is 9.95. The third-order valence-electron chi connectivity index (χ3n) is 7.87. The van der Waals surface area contributed by atoms with Crippen LogP contribution in [-0.2, 0) is 16.1 Å². The van der Waals surface area contributed by atoms with Crippen molar-refractivity contribution in [1.82, 2.24) is 4.57 Å². The number of thiazole rings is 1.